The summed E-state index contributed by atoms with van der Waals surface area (Å²) in [5, 5.41) is 2.26. The number of rotatable bonds is 4. The van der Waals surface area contributed by atoms with Crippen LogP contribution in [0.3, 0.4) is 0 Å². The molecule has 1 heterocycles. The molecule has 0 aromatic heterocycles. The Labute approximate surface area is 87.6 Å². The monoisotopic (exact) mass is 194 g/mol. The Hall–Kier alpha value is -0.760. The van der Waals surface area contributed by atoms with Crippen molar-refractivity contribution in [3.63, 3.8) is 0 Å². The van der Waals surface area contributed by atoms with Crippen molar-refractivity contribution in [1.29, 1.82) is 0 Å². The molecule has 1 aliphatic rings. The average Bonchev–Trinajstić information content (AvgIpc) is 2.50. The summed E-state index contributed by atoms with van der Waals surface area (Å²) in [6, 6.07) is 0. The Kier molecular flexibility index (Phi) is 3.38. The van der Waals surface area contributed by atoms with Crippen molar-refractivity contribution in [3.8, 4) is 0 Å². The SMILES string of the molecule is C=CC(C)(C)N1NCC(C)=C1CCC. The molecule has 0 aliphatic carbocycles. The summed E-state index contributed by atoms with van der Waals surface area (Å²) in [5.41, 5.74) is 6.32. The Morgan fingerprint density at radius 3 is 2.71 bits per heavy atom. The molecule has 14 heavy (non-hydrogen) atoms. The van der Waals surface area contributed by atoms with E-state index in [1.54, 1.807) is 0 Å². The summed E-state index contributed by atoms with van der Waals surface area (Å²) in [4.78, 5) is 0. The molecular weight excluding hydrogens is 172 g/mol. The van der Waals surface area contributed by atoms with E-state index >= 15 is 0 Å². The second-order valence-corrected chi connectivity index (χ2v) is 4.51. The lowest BCUT2D eigenvalue weighted by Crippen LogP contribution is -2.46. The van der Waals surface area contributed by atoms with Gasteiger partial charge in [0.05, 0.1) is 5.54 Å². The van der Waals surface area contributed by atoms with Gasteiger partial charge in [-0.2, -0.15) is 0 Å². The van der Waals surface area contributed by atoms with Crippen LogP contribution in [-0.2, 0) is 0 Å². The van der Waals surface area contributed by atoms with Crippen LogP contribution in [0.2, 0.25) is 0 Å². The van der Waals surface area contributed by atoms with Crippen molar-refractivity contribution >= 4 is 0 Å². The normalized spacial score (nSPS) is 17.9. The van der Waals surface area contributed by atoms with Gasteiger partial charge in [0.15, 0.2) is 0 Å². The number of hydrazine groups is 1. The van der Waals surface area contributed by atoms with Gasteiger partial charge >= 0.3 is 0 Å². The predicted molar refractivity (Wildman–Crippen MR) is 61.7 cm³/mol. The van der Waals surface area contributed by atoms with E-state index in [1.807, 2.05) is 6.08 Å². The molecule has 0 saturated heterocycles. The van der Waals surface area contributed by atoms with E-state index in [-0.39, 0.29) is 5.54 Å². The second-order valence-electron chi connectivity index (χ2n) is 4.51. The maximum absolute atomic E-state index is 3.89. The number of hydrogen-bond donors (Lipinski definition) is 1. The fraction of sp³-hybridized carbons (Fsp3) is 0.667. The van der Waals surface area contributed by atoms with Crippen LogP contribution in [0.5, 0.6) is 0 Å². The second kappa shape index (κ2) is 4.18. The van der Waals surface area contributed by atoms with E-state index in [0.717, 1.165) is 13.0 Å². The van der Waals surface area contributed by atoms with Crippen LogP contribution in [0, 0.1) is 0 Å². The molecule has 0 aromatic carbocycles. The zero-order valence-corrected chi connectivity index (χ0v) is 9.85. The quantitative estimate of drug-likeness (QED) is 0.692. The van der Waals surface area contributed by atoms with E-state index in [2.05, 4.69) is 44.7 Å². The zero-order chi connectivity index (χ0) is 10.8. The van der Waals surface area contributed by atoms with Crippen molar-refractivity contribution in [2.24, 2.45) is 0 Å². The smallest absolute Gasteiger partial charge is 0.0680 e. The number of hydrogen-bond acceptors (Lipinski definition) is 2. The predicted octanol–water partition coefficient (Wildman–Crippen LogP) is 2.85. The molecule has 0 spiro atoms. The molecule has 0 bridgehead atoms. The largest absolute Gasteiger partial charge is 0.303 e. The molecule has 0 aromatic rings. The Morgan fingerprint density at radius 2 is 2.21 bits per heavy atom. The topological polar surface area (TPSA) is 15.3 Å². The fourth-order valence-corrected chi connectivity index (χ4v) is 1.79. The minimum absolute atomic E-state index is 0.00225. The first-order chi connectivity index (χ1) is 6.53. The highest BCUT2D eigenvalue weighted by atomic mass is 15.6. The van der Waals surface area contributed by atoms with Crippen LogP contribution in [0.4, 0.5) is 0 Å². The van der Waals surface area contributed by atoms with Gasteiger partial charge < -0.3 is 5.01 Å². The first-order valence-corrected chi connectivity index (χ1v) is 5.39. The highest BCUT2D eigenvalue weighted by Gasteiger charge is 2.29. The molecule has 1 rings (SSSR count). The molecule has 2 nitrogen and oxygen atoms in total. The number of nitrogens with one attached hydrogen (secondary N) is 1. The zero-order valence-electron chi connectivity index (χ0n) is 9.85. The molecular formula is C12H22N2. The Morgan fingerprint density at radius 1 is 1.57 bits per heavy atom. The lowest BCUT2D eigenvalue weighted by molar-refractivity contribution is 0.160. The molecule has 0 radical (unpaired) electrons. The van der Waals surface area contributed by atoms with Crippen LogP contribution < -0.4 is 5.43 Å². The van der Waals surface area contributed by atoms with Crippen LogP contribution in [0.25, 0.3) is 0 Å². The molecule has 1 aliphatic heterocycles. The molecule has 80 valence electrons. The van der Waals surface area contributed by atoms with Gasteiger partial charge in [-0.15, -0.1) is 6.58 Å². The lowest BCUT2D eigenvalue weighted by Gasteiger charge is -2.36. The van der Waals surface area contributed by atoms with Gasteiger partial charge in [0, 0.05) is 12.2 Å². The molecule has 1 N–H and O–H groups in total. The average molecular weight is 194 g/mol. The summed E-state index contributed by atoms with van der Waals surface area (Å²) in [5.74, 6) is 0. The van der Waals surface area contributed by atoms with Crippen molar-refractivity contribution in [2.75, 3.05) is 6.54 Å². The Balaban J connectivity index is 2.86. The van der Waals surface area contributed by atoms with Gasteiger partial charge in [0.2, 0.25) is 0 Å². The first kappa shape index (κ1) is 11.3. The Bertz CT molecular complexity index is 251. The van der Waals surface area contributed by atoms with Crippen LogP contribution in [0.15, 0.2) is 23.9 Å². The van der Waals surface area contributed by atoms with E-state index < -0.39 is 0 Å². The molecule has 0 unspecified atom stereocenters. The minimum Gasteiger partial charge on any atom is -0.303 e. The summed E-state index contributed by atoms with van der Waals surface area (Å²) in [6.07, 6.45) is 4.34. The maximum atomic E-state index is 3.89. The van der Waals surface area contributed by atoms with Crippen molar-refractivity contribution in [2.45, 2.75) is 46.1 Å². The van der Waals surface area contributed by atoms with Gasteiger partial charge in [0.25, 0.3) is 0 Å². The van der Waals surface area contributed by atoms with Crippen molar-refractivity contribution in [1.82, 2.24) is 10.4 Å². The van der Waals surface area contributed by atoms with E-state index in [4.69, 9.17) is 0 Å². The fourth-order valence-electron chi connectivity index (χ4n) is 1.79. The summed E-state index contributed by atoms with van der Waals surface area (Å²) in [6.45, 7) is 13.7. The van der Waals surface area contributed by atoms with Crippen LogP contribution >= 0.6 is 0 Å². The molecule has 2 heteroatoms. The molecule has 0 atom stereocenters. The van der Waals surface area contributed by atoms with Gasteiger partial charge in [-0.1, -0.05) is 19.4 Å². The number of allylic oxidation sites excluding steroid dienone is 1. The number of nitrogens with zero attached hydrogens (tertiary/aromatic N) is 1. The van der Waals surface area contributed by atoms with Gasteiger partial charge in [-0.25, -0.2) is 5.43 Å². The standard InChI is InChI=1S/C12H22N2/c1-6-8-11-10(3)9-13-14(11)12(4,5)7-2/h7,13H,2,6,8-9H2,1,3-5H3. The van der Waals surface area contributed by atoms with Crippen LogP contribution in [-0.4, -0.2) is 17.1 Å². The highest BCUT2D eigenvalue weighted by Crippen LogP contribution is 2.27. The molecule has 0 amide bonds. The third-order valence-corrected chi connectivity index (χ3v) is 2.83. The van der Waals surface area contributed by atoms with Crippen LogP contribution in [0.1, 0.15) is 40.5 Å². The van der Waals surface area contributed by atoms with E-state index in [0.29, 0.717) is 0 Å². The maximum Gasteiger partial charge on any atom is 0.0680 e. The van der Waals surface area contributed by atoms with Gasteiger partial charge in [0.1, 0.15) is 0 Å². The molecule has 0 fully saturated rings. The van der Waals surface area contributed by atoms with Gasteiger partial charge in [-0.3, -0.25) is 0 Å². The molecule has 0 saturated carbocycles. The highest BCUT2D eigenvalue weighted by molar-refractivity contribution is 5.21. The first-order valence-electron chi connectivity index (χ1n) is 5.39. The van der Waals surface area contributed by atoms with Crippen molar-refractivity contribution < 1.29 is 0 Å². The van der Waals surface area contributed by atoms with E-state index in [1.165, 1.54) is 17.7 Å². The van der Waals surface area contributed by atoms with Crippen molar-refractivity contribution in [3.05, 3.63) is 23.9 Å². The third-order valence-electron chi connectivity index (χ3n) is 2.83. The minimum atomic E-state index is 0.00225. The van der Waals surface area contributed by atoms with Gasteiger partial charge in [-0.05, 0) is 32.8 Å². The summed E-state index contributed by atoms with van der Waals surface area (Å²) in [7, 11) is 0. The summed E-state index contributed by atoms with van der Waals surface area (Å²) < 4.78 is 0. The lowest BCUT2D eigenvalue weighted by atomic mass is 10.0. The summed E-state index contributed by atoms with van der Waals surface area (Å²) >= 11 is 0. The third kappa shape index (κ3) is 2.01. The van der Waals surface area contributed by atoms with E-state index in [9.17, 15) is 0 Å².